The molecule has 0 radical (unpaired) electrons. The summed E-state index contributed by atoms with van der Waals surface area (Å²) in [5.41, 5.74) is -0.465. The Morgan fingerprint density at radius 1 is 1.36 bits per heavy atom. The lowest BCUT2D eigenvalue weighted by Crippen LogP contribution is -2.27. The van der Waals surface area contributed by atoms with Crippen molar-refractivity contribution in [1.82, 2.24) is 4.68 Å². The van der Waals surface area contributed by atoms with Gasteiger partial charge in [0.25, 0.3) is 0 Å². The van der Waals surface area contributed by atoms with Crippen LogP contribution in [0.25, 0.3) is 11.1 Å². The number of aromatic nitrogens is 1. The van der Waals surface area contributed by atoms with E-state index in [-0.39, 0.29) is 34.7 Å². The van der Waals surface area contributed by atoms with Gasteiger partial charge in [-0.05, 0) is 45.4 Å². The highest BCUT2D eigenvalue weighted by atomic mass is 19.1. The van der Waals surface area contributed by atoms with Crippen LogP contribution in [0.2, 0.25) is 0 Å². The maximum Gasteiger partial charge on any atom is 0.412 e. The number of halogens is 1. The van der Waals surface area contributed by atoms with E-state index in [1.54, 1.807) is 27.7 Å². The molecule has 0 aliphatic rings. The standard InChI is InChI=1S/C19H21FN4O4/c1-5-27-17(25)12-10-24(22)15(9-21)16(12)11-6-7-14(13(20)8-11)23-18(26)28-19(2,3)4/h6-8,10H,5,22H2,1-4H3,(H,23,26). The van der Waals surface area contributed by atoms with E-state index in [0.29, 0.717) is 0 Å². The lowest BCUT2D eigenvalue weighted by atomic mass is 10.0. The number of rotatable bonds is 4. The van der Waals surface area contributed by atoms with Crippen molar-refractivity contribution in [3.05, 3.63) is 41.5 Å². The molecule has 1 aromatic heterocycles. The third-order valence-electron chi connectivity index (χ3n) is 3.53. The number of nitriles is 1. The van der Waals surface area contributed by atoms with Gasteiger partial charge in [-0.15, -0.1) is 0 Å². The second-order valence-electron chi connectivity index (χ2n) is 6.83. The van der Waals surface area contributed by atoms with Gasteiger partial charge in [0.2, 0.25) is 0 Å². The first kappa shape index (κ1) is 20.8. The summed E-state index contributed by atoms with van der Waals surface area (Å²) in [6.07, 6.45) is 0.439. The molecule has 2 rings (SSSR count). The van der Waals surface area contributed by atoms with Crippen LogP contribution >= 0.6 is 0 Å². The van der Waals surface area contributed by atoms with Crippen LogP contribution < -0.4 is 11.2 Å². The second kappa shape index (κ2) is 8.00. The monoisotopic (exact) mass is 388 g/mol. The molecule has 1 amide bonds. The average Bonchev–Trinajstić information content (AvgIpc) is 2.91. The summed E-state index contributed by atoms with van der Waals surface area (Å²) < 4.78 is 25.6. The first-order valence-corrected chi connectivity index (χ1v) is 8.45. The van der Waals surface area contributed by atoms with Crippen molar-refractivity contribution in [3.63, 3.8) is 0 Å². The number of benzene rings is 1. The molecule has 148 valence electrons. The Kier molecular flexibility index (Phi) is 5.93. The maximum atomic E-state index is 14.5. The fourth-order valence-electron chi connectivity index (χ4n) is 2.48. The highest BCUT2D eigenvalue weighted by molar-refractivity contribution is 5.99. The maximum absolute atomic E-state index is 14.5. The minimum atomic E-state index is -0.808. The van der Waals surface area contributed by atoms with Gasteiger partial charge in [-0.25, -0.2) is 14.0 Å². The van der Waals surface area contributed by atoms with E-state index in [2.05, 4.69) is 5.32 Å². The number of hydrogen-bond acceptors (Lipinski definition) is 6. The Labute approximate surface area is 161 Å². The first-order chi connectivity index (χ1) is 13.1. The van der Waals surface area contributed by atoms with E-state index >= 15 is 0 Å². The van der Waals surface area contributed by atoms with Gasteiger partial charge >= 0.3 is 12.1 Å². The van der Waals surface area contributed by atoms with Crippen LogP contribution in [-0.4, -0.2) is 28.9 Å². The molecule has 0 aliphatic heterocycles. The Bertz CT molecular complexity index is 954. The number of nitrogens with one attached hydrogen (secondary N) is 1. The predicted molar refractivity (Wildman–Crippen MR) is 101 cm³/mol. The number of anilines is 1. The summed E-state index contributed by atoms with van der Waals surface area (Å²) in [6.45, 7) is 6.82. The lowest BCUT2D eigenvalue weighted by molar-refractivity contribution is 0.0526. The fourth-order valence-corrected chi connectivity index (χ4v) is 2.48. The van der Waals surface area contributed by atoms with Gasteiger partial charge in [-0.2, -0.15) is 5.26 Å². The molecular weight excluding hydrogens is 367 g/mol. The Balaban J connectivity index is 2.42. The van der Waals surface area contributed by atoms with E-state index in [4.69, 9.17) is 15.3 Å². The molecule has 0 saturated carbocycles. The SMILES string of the molecule is CCOC(=O)c1cn(N)c(C#N)c1-c1ccc(NC(=O)OC(C)(C)C)c(F)c1. The minimum Gasteiger partial charge on any atom is -0.462 e. The smallest absolute Gasteiger partial charge is 0.412 e. The molecule has 3 N–H and O–H groups in total. The molecule has 1 heterocycles. The molecule has 0 aliphatic carbocycles. The number of hydrogen-bond donors (Lipinski definition) is 2. The second-order valence-corrected chi connectivity index (χ2v) is 6.83. The molecule has 0 atom stereocenters. The number of esters is 1. The molecule has 2 aromatic rings. The molecule has 0 spiro atoms. The zero-order chi connectivity index (χ0) is 21.1. The number of carbonyl (C=O) groups is 2. The van der Waals surface area contributed by atoms with Crippen LogP contribution in [0.1, 0.15) is 43.7 Å². The van der Waals surface area contributed by atoms with E-state index in [0.717, 1.165) is 10.7 Å². The third kappa shape index (κ3) is 4.59. The number of nitrogens with two attached hydrogens (primary N) is 1. The summed E-state index contributed by atoms with van der Waals surface area (Å²) in [7, 11) is 0. The summed E-state index contributed by atoms with van der Waals surface area (Å²) >= 11 is 0. The van der Waals surface area contributed by atoms with E-state index in [1.165, 1.54) is 18.3 Å². The molecule has 28 heavy (non-hydrogen) atoms. The topological polar surface area (TPSA) is 119 Å². The Hall–Kier alpha value is -3.54. The molecule has 0 fully saturated rings. The summed E-state index contributed by atoms with van der Waals surface area (Å²) in [5, 5.41) is 11.7. The highest BCUT2D eigenvalue weighted by Crippen LogP contribution is 2.31. The van der Waals surface area contributed by atoms with Crippen LogP contribution in [0.5, 0.6) is 0 Å². The van der Waals surface area contributed by atoms with Crippen molar-refractivity contribution in [1.29, 1.82) is 5.26 Å². The largest absolute Gasteiger partial charge is 0.462 e. The molecular formula is C19H21FN4O4. The number of nitrogen functional groups attached to an aromatic ring is 1. The van der Waals surface area contributed by atoms with Crippen LogP contribution in [0.3, 0.4) is 0 Å². The molecule has 0 unspecified atom stereocenters. The van der Waals surface area contributed by atoms with Gasteiger partial charge in [-0.3, -0.25) is 9.99 Å². The Morgan fingerprint density at radius 2 is 2.04 bits per heavy atom. The normalized spacial score (nSPS) is 10.9. The minimum absolute atomic E-state index is 0.0321. The van der Waals surface area contributed by atoms with Crippen molar-refractivity contribution in [3.8, 4) is 17.2 Å². The Morgan fingerprint density at radius 3 is 2.57 bits per heavy atom. The fraction of sp³-hybridized carbons (Fsp3) is 0.316. The zero-order valence-corrected chi connectivity index (χ0v) is 16.0. The van der Waals surface area contributed by atoms with Crippen LogP contribution in [0.4, 0.5) is 14.9 Å². The van der Waals surface area contributed by atoms with Gasteiger partial charge in [-0.1, -0.05) is 6.07 Å². The van der Waals surface area contributed by atoms with Gasteiger partial charge in [0, 0.05) is 11.8 Å². The van der Waals surface area contributed by atoms with Crippen molar-refractivity contribution in [2.45, 2.75) is 33.3 Å². The number of amides is 1. The summed E-state index contributed by atoms with van der Waals surface area (Å²) in [5.74, 6) is 4.28. The van der Waals surface area contributed by atoms with Crippen molar-refractivity contribution < 1.29 is 23.5 Å². The number of carbonyl (C=O) groups excluding carboxylic acids is 2. The number of nitrogens with zero attached hydrogens (tertiary/aromatic N) is 2. The van der Waals surface area contributed by atoms with Gasteiger partial charge in [0.05, 0.1) is 17.9 Å². The van der Waals surface area contributed by atoms with Gasteiger partial charge in [0.1, 0.15) is 23.2 Å². The lowest BCUT2D eigenvalue weighted by Gasteiger charge is -2.20. The summed E-state index contributed by atoms with van der Waals surface area (Å²) in [6, 6.07) is 5.74. The quantitative estimate of drug-likeness (QED) is 0.612. The predicted octanol–water partition coefficient (Wildman–Crippen LogP) is 3.40. The summed E-state index contributed by atoms with van der Waals surface area (Å²) in [4.78, 5) is 24.0. The molecule has 0 saturated heterocycles. The van der Waals surface area contributed by atoms with Crippen LogP contribution in [0.15, 0.2) is 24.4 Å². The molecule has 9 heteroatoms. The molecule has 0 bridgehead atoms. The average molecular weight is 388 g/mol. The van der Waals surface area contributed by atoms with E-state index in [1.807, 2.05) is 6.07 Å². The number of ether oxygens (including phenoxy) is 2. The van der Waals surface area contributed by atoms with Crippen molar-refractivity contribution >= 4 is 17.7 Å². The van der Waals surface area contributed by atoms with Crippen LogP contribution in [-0.2, 0) is 9.47 Å². The van der Waals surface area contributed by atoms with Crippen LogP contribution in [0, 0.1) is 17.1 Å². The third-order valence-corrected chi connectivity index (χ3v) is 3.53. The first-order valence-electron chi connectivity index (χ1n) is 8.45. The zero-order valence-electron chi connectivity index (χ0n) is 16.0. The van der Waals surface area contributed by atoms with Crippen molar-refractivity contribution in [2.24, 2.45) is 0 Å². The molecule has 8 nitrogen and oxygen atoms in total. The highest BCUT2D eigenvalue weighted by Gasteiger charge is 2.24. The molecule has 1 aromatic carbocycles. The van der Waals surface area contributed by atoms with Gasteiger partial charge < -0.3 is 15.3 Å². The van der Waals surface area contributed by atoms with Gasteiger partial charge in [0.15, 0.2) is 0 Å². The van der Waals surface area contributed by atoms with E-state index < -0.39 is 23.5 Å². The van der Waals surface area contributed by atoms with E-state index in [9.17, 15) is 19.2 Å². The van der Waals surface area contributed by atoms with Crippen molar-refractivity contribution in [2.75, 3.05) is 17.8 Å².